The number of hydrogen-bond acceptors (Lipinski definition) is 5. The first-order chi connectivity index (χ1) is 12.6. The topological polar surface area (TPSA) is 69.9 Å². The van der Waals surface area contributed by atoms with Crippen molar-refractivity contribution in [3.63, 3.8) is 0 Å². The summed E-state index contributed by atoms with van der Waals surface area (Å²) in [7, 11) is 1.59. The van der Waals surface area contributed by atoms with Crippen LogP contribution in [0.4, 0.5) is 0 Å². The number of aromatic nitrogens is 2. The molecule has 3 aromatic rings. The van der Waals surface area contributed by atoms with Gasteiger partial charge in [-0.15, -0.1) is 0 Å². The third-order valence-corrected chi connectivity index (χ3v) is 3.82. The van der Waals surface area contributed by atoms with Crippen LogP contribution >= 0.6 is 0 Å². The van der Waals surface area contributed by atoms with Crippen LogP contribution in [0.1, 0.15) is 17.0 Å². The van der Waals surface area contributed by atoms with Gasteiger partial charge in [-0.2, -0.15) is 0 Å². The number of ether oxygens (including phenoxy) is 2. The summed E-state index contributed by atoms with van der Waals surface area (Å²) in [6.07, 6.45) is 2.98. The first-order valence-electron chi connectivity index (χ1n) is 8.04. The smallest absolute Gasteiger partial charge is 0.331 e. The Labute approximate surface area is 150 Å². The molecule has 132 valence electrons. The van der Waals surface area contributed by atoms with E-state index in [1.165, 1.54) is 16.5 Å². The maximum absolute atomic E-state index is 12.2. The Morgan fingerprint density at radius 1 is 1.19 bits per heavy atom. The monoisotopic (exact) mass is 350 g/mol. The van der Waals surface area contributed by atoms with Crippen LogP contribution in [0.15, 0.2) is 59.4 Å². The first-order valence-corrected chi connectivity index (χ1v) is 8.04. The maximum Gasteiger partial charge on any atom is 0.331 e. The SMILES string of the molecule is COc1ccc(/C=C/C(=O)OCc2cc(=O)n3c(C)cccc3n2)cc1. The van der Waals surface area contributed by atoms with E-state index in [4.69, 9.17) is 9.47 Å². The van der Waals surface area contributed by atoms with Gasteiger partial charge in [0.15, 0.2) is 0 Å². The summed E-state index contributed by atoms with van der Waals surface area (Å²) in [5.41, 5.74) is 2.38. The lowest BCUT2D eigenvalue weighted by atomic mass is 10.2. The zero-order valence-electron chi connectivity index (χ0n) is 14.5. The fourth-order valence-corrected chi connectivity index (χ4v) is 2.51. The van der Waals surface area contributed by atoms with Crippen LogP contribution in [0.2, 0.25) is 0 Å². The molecule has 0 radical (unpaired) electrons. The molecule has 1 aromatic carbocycles. The number of esters is 1. The Balaban J connectivity index is 1.66. The lowest BCUT2D eigenvalue weighted by Gasteiger charge is -2.06. The van der Waals surface area contributed by atoms with Crippen molar-refractivity contribution >= 4 is 17.7 Å². The molecule has 2 heterocycles. The van der Waals surface area contributed by atoms with Gasteiger partial charge in [-0.05, 0) is 42.8 Å². The van der Waals surface area contributed by atoms with E-state index in [0.717, 1.165) is 17.0 Å². The number of methoxy groups -OCH3 is 1. The summed E-state index contributed by atoms with van der Waals surface area (Å²) in [5.74, 6) is 0.237. The van der Waals surface area contributed by atoms with E-state index in [-0.39, 0.29) is 12.2 Å². The van der Waals surface area contributed by atoms with Gasteiger partial charge in [0.1, 0.15) is 18.0 Å². The van der Waals surface area contributed by atoms with Crippen molar-refractivity contribution in [2.45, 2.75) is 13.5 Å². The molecule has 6 heteroatoms. The van der Waals surface area contributed by atoms with Gasteiger partial charge >= 0.3 is 5.97 Å². The van der Waals surface area contributed by atoms with E-state index in [1.807, 2.05) is 31.2 Å². The van der Waals surface area contributed by atoms with Gasteiger partial charge in [0, 0.05) is 17.8 Å². The van der Waals surface area contributed by atoms with Crippen LogP contribution in [0.25, 0.3) is 11.7 Å². The van der Waals surface area contributed by atoms with Crippen molar-refractivity contribution in [2.75, 3.05) is 7.11 Å². The molecule has 2 aromatic heterocycles. The summed E-state index contributed by atoms with van der Waals surface area (Å²) < 4.78 is 11.8. The largest absolute Gasteiger partial charge is 0.497 e. The van der Waals surface area contributed by atoms with E-state index in [2.05, 4.69) is 4.98 Å². The standard InChI is InChI=1S/C20H18N2O4/c1-14-4-3-5-18-21-16(12-19(23)22(14)18)13-26-20(24)11-8-15-6-9-17(25-2)10-7-15/h3-12H,13H2,1-2H3/b11-8+. The number of fused-ring (bicyclic) bond motifs is 1. The van der Waals surface area contributed by atoms with Gasteiger partial charge in [0.2, 0.25) is 0 Å². The Bertz CT molecular complexity index is 1020. The summed E-state index contributed by atoms with van der Waals surface area (Å²) >= 11 is 0. The van der Waals surface area contributed by atoms with Gasteiger partial charge in [0.25, 0.3) is 5.56 Å². The van der Waals surface area contributed by atoms with Crippen LogP contribution < -0.4 is 10.3 Å². The molecule has 0 atom stereocenters. The average Bonchev–Trinajstić information content (AvgIpc) is 2.65. The van der Waals surface area contributed by atoms with E-state index >= 15 is 0 Å². The molecule has 0 aliphatic carbocycles. The summed E-state index contributed by atoms with van der Waals surface area (Å²) in [6.45, 7) is 1.77. The van der Waals surface area contributed by atoms with Crippen molar-refractivity contribution in [1.82, 2.24) is 9.38 Å². The van der Waals surface area contributed by atoms with Crippen molar-refractivity contribution in [3.05, 3.63) is 81.9 Å². The molecular formula is C20H18N2O4. The van der Waals surface area contributed by atoms with E-state index in [1.54, 1.807) is 31.4 Å². The predicted octanol–water partition coefficient (Wildman–Crippen LogP) is 2.77. The number of hydrogen-bond donors (Lipinski definition) is 0. The molecule has 0 unspecified atom stereocenters. The van der Waals surface area contributed by atoms with Crippen molar-refractivity contribution in [2.24, 2.45) is 0 Å². The molecular weight excluding hydrogens is 332 g/mol. The summed E-state index contributed by atoms with van der Waals surface area (Å²) in [5, 5.41) is 0. The minimum absolute atomic E-state index is 0.0640. The minimum atomic E-state index is -0.507. The third kappa shape index (κ3) is 3.97. The van der Waals surface area contributed by atoms with Gasteiger partial charge in [-0.25, -0.2) is 9.78 Å². The number of aryl methyl sites for hydroxylation is 1. The van der Waals surface area contributed by atoms with Gasteiger partial charge in [0.05, 0.1) is 12.8 Å². The molecule has 26 heavy (non-hydrogen) atoms. The normalized spacial score (nSPS) is 11.0. The number of carbonyl (C=O) groups is 1. The number of carbonyl (C=O) groups excluding carboxylic acids is 1. The Morgan fingerprint density at radius 3 is 2.69 bits per heavy atom. The number of rotatable bonds is 5. The predicted molar refractivity (Wildman–Crippen MR) is 98.0 cm³/mol. The lowest BCUT2D eigenvalue weighted by molar-refractivity contribution is -0.139. The van der Waals surface area contributed by atoms with Crippen LogP contribution in [0.3, 0.4) is 0 Å². The Morgan fingerprint density at radius 2 is 1.96 bits per heavy atom. The zero-order valence-corrected chi connectivity index (χ0v) is 14.5. The third-order valence-electron chi connectivity index (χ3n) is 3.82. The van der Waals surface area contributed by atoms with Gasteiger partial charge in [-0.3, -0.25) is 9.20 Å². The highest BCUT2D eigenvalue weighted by Crippen LogP contribution is 2.12. The van der Waals surface area contributed by atoms with E-state index in [9.17, 15) is 9.59 Å². The molecule has 0 fully saturated rings. The number of benzene rings is 1. The first kappa shape index (κ1) is 17.4. The molecule has 0 N–H and O–H groups in total. The summed E-state index contributed by atoms with van der Waals surface area (Å²) in [6, 6.07) is 14.0. The molecule has 0 spiro atoms. The van der Waals surface area contributed by atoms with Crippen LogP contribution in [-0.4, -0.2) is 22.5 Å². The lowest BCUT2D eigenvalue weighted by Crippen LogP contribution is -2.18. The molecule has 0 aliphatic rings. The van der Waals surface area contributed by atoms with Crippen molar-refractivity contribution in [3.8, 4) is 5.75 Å². The second-order valence-corrected chi connectivity index (χ2v) is 5.66. The van der Waals surface area contributed by atoms with Gasteiger partial charge in [-0.1, -0.05) is 18.2 Å². The van der Waals surface area contributed by atoms with Crippen LogP contribution in [0, 0.1) is 6.92 Å². The molecule has 0 bridgehead atoms. The fraction of sp³-hybridized carbons (Fsp3) is 0.150. The molecule has 3 rings (SSSR count). The number of nitrogens with zero attached hydrogens (tertiary/aromatic N) is 2. The molecule has 0 saturated carbocycles. The van der Waals surface area contributed by atoms with E-state index in [0.29, 0.717) is 11.3 Å². The molecule has 0 aliphatic heterocycles. The van der Waals surface area contributed by atoms with Crippen molar-refractivity contribution in [1.29, 1.82) is 0 Å². The maximum atomic E-state index is 12.2. The highest BCUT2D eigenvalue weighted by molar-refractivity contribution is 5.87. The molecule has 0 saturated heterocycles. The van der Waals surface area contributed by atoms with E-state index < -0.39 is 5.97 Å². The quantitative estimate of drug-likeness (QED) is 0.523. The molecule has 0 amide bonds. The fourth-order valence-electron chi connectivity index (χ4n) is 2.51. The minimum Gasteiger partial charge on any atom is -0.497 e. The van der Waals surface area contributed by atoms with Crippen molar-refractivity contribution < 1.29 is 14.3 Å². The molecule has 6 nitrogen and oxygen atoms in total. The van der Waals surface area contributed by atoms with Crippen LogP contribution in [-0.2, 0) is 16.1 Å². The van der Waals surface area contributed by atoms with Crippen LogP contribution in [0.5, 0.6) is 5.75 Å². The summed E-state index contributed by atoms with van der Waals surface area (Å²) in [4.78, 5) is 28.4. The second-order valence-electron chi connectivity index (χ2n) is 5.66. The highest BCUT2D eigenvalue weighted by Gasteiger charge is 2.06. The Kier molecular flexibility index (Phi) is 5.12. The Hall–Kier alpha value is -3.41. The average molecular weight is 350 g/mol. The highest BCUT2D eigenvalue weighted by atomic mass is 16.5. The zero-order chi connectivity index (χ0) is 18.5. The second kappa shape index (κ2) is 7.65. The van der Waals surface area contributed by atoms with Gasteiger partial charge < -0.3 is 9.47 Å². The number of pyridine rings is 1.